The van der Waals surface area contributed by atoms with Crippen molar-refractivity contribution in [2.45, 2.75) is 0 Å². The van der Waals surface area contributed by atoms with Gasteiger partial charge in [0.15, 0.2) is 17.3 Å². The molecule has 8 heteroatoms. The fourth-order valence-electron chi connectivity index (χ4n) is 1.83. The lowest BCUT2D eigenvalue weighted by Gasteiger charge is -2.22. The van der Waals surface area contributed by atoms with Gasteiger partial charge in [0.2, 0.25) is 0 Å². The Labute approximate surface area is 128 Å². The van der Waals surface area contributed by atoms with Gasteiger partial charge in [-0.15, -0.1) is 0 Å². The van der Waals surface area contributed by atoms with Crippen LogP contribution in [0.15, 0.2) is 29.2 Å². The Morgan fingerprint density at radius 1 is 1.45 bits per heavy atom. The molecular formula is C12H11IN4O3. The molecule has 0 spiro atoms. The lowest BCUT2D eigenvalue weighted by atomic mass is 10.2. The molecule has 1 aromatic heterocycles. The first-order valence-corrected chi connectivity index (χ1v) is 6.86. The van der Waals surface area contributed by atoms with Gasteiger partial charge in [0.05, 0.1) is 29.1 Å². The summed E-state index contributed by atoms with van der Waals surface area (Å²) in [6.45, 7) is 0.812. The summed E-state index contributed by atoms with van der Waals surface area (Å²) in [6.07, 6.45) is 1.58. The van der Waals surface area contributed by atoms with Gasteiger partial charge in [-0.05, 0) is 12.1 Å². The van der Waals surface area contributed by atoms with Crippen LogP contribution in [0.5, 0.6) is 17.2 Å². The first kappa shape index (κ1) is 13.2. The highest BCUT2D eigenvalue weighted by Gasteiger charge is 2.22. The Hall–Kier alpha value is -1.81. The van der Waals surface area contributed by atoms with Crippen LogP contribution in [0.2, 0.25) is 0 Å². The zero-order valence-corrected chi connectivity index (χ0v) is 12.5. The Kier molecular flexibility index (Phi) is 3.49. The number of hydrogen-bond donors (Lipinski definition) is 2. The molecule has 3 rings (SSSR count). The molecule has 0 aliphatic carbocycles. The first-order chi connectivity index (χ1) is 9.69. The van der Waals surface area contributed by atoms with Crippen LogP contribution < -0.4 is 26.2 Å². The molecule has 0 bridgehead atoms. The molecule has 20 heavy (non-hydrogen) atoms. The first-order valence-electron chi connectivity index (χ1n) is 5.89. The third-order valence-corrected chi connectivity index (χ3v) is 3.37. The van der Waals surface area contributed by atoms with E-state index in [0.717, 1.165) is 0 Å². The van der Waals surface area contributed by atoms with Crippen LogP contribution in [0, 0.1) is 0 Å². The minimum Gasteiger partial charge on any atom is -0.490 e. The van der Waals surface area contributed by atoms with E-state index < -0.39 is 0 Å². The molecule has 0 radical (unpaired) electrons. The zero-order valence-electron chi connectivity index (χ0n) is 10.3. The van der Waals surface area contributed by atoms with Crippen LogP contribution in [-0.4, -0.2) is 20.9 Å². The number of anilines is 2. The van der Waals surface area contributed by atoms with Gasteiger partial charge in [-0.25, -0.2) is 7.58 Å². The average molecular weight is 386 g/mol. The number of nitrogens with zero attached hydrogens (tertiary/aromatic N) is 2. The van der Waals surface area contributed by atoms with Crippen molar-refractivity contribution >= 4 is 34.4 Å². The molecule has 0 unspecified atom stereocenters. The molecule has 3 N–H and O–H groups in total. The third-order valence-electron chi connectivity index (χ3n) is 2.68. The summed E-state index contributed by atoms with van der Waals surface area (Å²) in [4.78, 5) is 15.5. The Morgan fingerprint density at radius 3 is 3.10 bits per heavy atom. The number of fused-ring (bicyclic) bond motifs is 2. The second kappa shape index (κ2) is 5.29. The van der Waals surface area contributed by atoms with Gasteiger partial charge in [-0.2, -0.15) is 4.98 Å². The molecule has 2 heterocycles. The number of hydrogen-bond acceptors (Lipinski definition) is 6. The van der Waals surface area contributed by atoms with Crippen LogP contribution in [-0.2, 0) is 0 Å². The number of rotatable bonds is 3. The Morgan fingerprint density at radius 2 is 2.30 bits per heavy atom. The summed E-state index contributed by atoms with van der Waals surface area (Å²) in [5, 5.41) is 3.07. The van der Waals surface area contributed by atoms with Crippen molar-refractivity contribution in [2.75, 3.05) is 18.5 Å². The van der Waals surface area contributed by atoms with Crippen LogP contribution in [0.4, 0.5) is 11.5 Å². The monoisotopic (exact) mass is 386 g/mol. The highest BCUT2D eigenvalue weighted by Crippen LogP contribution is 2.44. The number of benzene rings is 1. The van der Waals surface area contributed by atoms with E-state index >= 15 is 0 Å². The lowest BCUT2D eigenvalue weighted by Crippen LogP contribution is -2.19. The van der Waals surface area contributed by atoms with E-state index in [9.17, 15) is 4.79 Å². The second-order valence-electron chi connectivity index (χ2n) is 4.04. The van der Waals surface area contributed by atoms with Gasteiger partial charge < -0.3 is 20.5 Å². The van der Waals surface area contributed by atoms with E-state index in [4.69, 9.17) is 15.2 Å². The minimum atomic E-state index is -0.371. The largest absolute Gasteiger partial charge is 0.490 e. The van der Waals surface area contributed by atoms with Crippen LogP contribution in [0.3, 0.4) is 0 Å². The summed E-state index contributed by atoms with van der Waals surface area (Å²) in [6, 6.07) is 5.43. The SMILES string of the molecule is NCCOc1cccc2c1Nc1nc(=O)n(I)cc1O2. The molecule has 7 nitrogen and oxygen atoms in total. The molecule has 0 atom stereocenters. The highest BCUT2D eigenvalue weighted by atomic mass is 127. The predicted octanol–water partition coefficient (Wildman–Crippen LogP) is 1.63. The van der Waals surface area contributed by atoms with E-state index in [1.165, 1.54) is 2.78 Å². The van der Waals surface area contributed by atoms with E-state index in [1.54, 1.807) is 12.3 Å². The van der Waals surface area contributed by atoms with Crippen molar-refractivity contribution in [3.05, 3.63) is 34.9 Å². The number of aromatic nitrogens is 2. The molecule has 1 aliphatic heterocycles. The van der Waals surface area contributed by atoms with Crippen molar-refractivity contribution in [1.82, 2.24) is 7.76 Å². The van der Waals surface area contributed by atoms with Crippen molar-refractivity contribution in [2.24, 2.45) is 5.73 Å². The fraction of sp³-hybridized carbons (Fsp3) is 0.167. The average Bonchev–Trinajstić information content (AvgIpc) is 2.44. The number of ether oxygens (including phenoxy) is 2. The smallest absolute Gasteiger partial charge is 0.358 e. The standard InChI is InChI=1S/C12H11IN4O3/c13-17-6-9-11(16-12(17)18)15-10-7(19-5-4-14)2-1-3-8(10)20-9/h1-3,6H,4-5,14H2,(H,15,16,18). The van der Waals surface area contributed by atoms with E-state index in [1.807, 2.05) is 35.0 Å². The van der Waals surface area contributed by atoms with E-state index in [0.29, 0.717) is 41.9 Å². The van der Waals surface area contributed by atoms with E-state index in [2.05, 4.69) is 10.3 Å². The molecule has 1 aromatic carbocycles. The topological polar surface area (TPSA) is 91.4 Å². The molecule has 2 aromatic rings. The van der Waals surface area contributed by atoms with Gasteiger partial charge in [-0.1, -0.05) is 6.07 Å². The van der Waals surface area contributed by atoms with Crippen LogP contribution in [0.1, 0.15) is 0 Å². The summed E-state index contributed by atoms with van der Waals surface area (Å²) >= 11 is 1.85. The number of halogens is 1. The maximum absolute atomic E-state index is 11.6. The number of nitrogens with two attached hydrogens (primary N) is 1. The van der Waals surface area contributed by atoms with Crippen LogP contribution >= 0.6 is 22.9 Å². The molecule has 104 valence electrons. The van der Waals surface area contributed by atoms with Gasteiger partial charge in [0.1, 0.15) is 18.0 Å². The zero-order chi connectivity index (χ0) is 14.1. The Balaban J connectivity index is 2.01. The third kappa shape index (κ3) is 2.31. The molecular weight excluding hydrogens is 375 g/mol. The molecule has 1 aliphatic rings. The molecule has 0 saturated heterocycles. The van der Waals surface area contributed by atoms with Gasteiger partial charge in [0.25, 0.3) is 0 Å². The van der Waals surface area contributed by atoms with Crippen molar-refractivity contribution in [1.29, 1.82) is 0 Å². The fourth-order valence-corrected chi connectivity index (χ4v) is 2.19. The predicted molar refractivity (Wildman–Crippen MR) is 82.3 cm³/mol. The Bertz CT molecular complexity index is 716. The number of nitrogens with one attached hydrogen (secondary N) is 1. The highest BCUT2D eigenvalue weighted by molar-refractivity contribution is 14.1. The van der Waals surface area contributed by atoms with Crippen molar-refractivity contribution in [3.8, 4) is 17.2 Å². The normalized spacial score (nSPS) is 11.9. The molecule has 0 saturated carbocycles. The summed E-state index contributed by atoms with van der Waals surface area (Å²) in [5.74, 6) is 2.09. The van der Waals surface area contributed by atoms with Crippen LogP contribution in [0.25, 0.3) is 0 Å². The molecule has 0 amide bonds. The van der Waals surface area contributed by atoms with Gasteiger partial charge in [-0.3, -0.25) is 0 Å². The summed E-state index contributed by atoms with van der Waals surface area (Å²) in [7, 11) is 0. The summed E-state index contributed by atoms with van der Waals surface area (Å²) in [5.41, 5.74) is 5.71. The number of para-hydroxylation sites is 1. The quantitative estimate of drug-likeness (QED) is 0.665. The maximum Gasteiger partial charge on any atom is 0.358 e. The molecule has 0 fully saturated rings. The lowest BCUT2D eigenvalue weighted by molar-refractivity contribution is 0.328. The maximum atomic E-state index is 11.6. The van der Waals surface area contributed by atoms with Crippen molar-refractivity contribution < 1.29 is 9.47 Å². The summed E-state index contributed by atoms with van der Waals surface area (Å²) < 4.78 is 12.6. The van der Waals surface area contributed by atoms with Gasteiger partial charge >= 0.3 is 5.69 Å². The minimum absolute atomic E-state index is 0.371. The second-order valence-corrected chi connectivity index (χ2v) is 5.08. The van der Waals surface area contributed by atoms with E-state index in [-0.39, 0.29) is 5.69 Å². The van der Waals surface area contributed by atoms with Crippen molar-refractivity contribution in [3.63, 3.8) is 0 Å². The van der Waals surface area contributed by atoms with Gasteiger partial charge in [0, 0.05) is 6.54 Å².